The van der Waals surface area contributed by atoms with E-state index in [1.54, 1.807) is 6.07 Å². The fraction of sp³-hybridized carbons (Fsp3) is 0.600. The first-order valence-electron chi connectivity index (χ1n) is 7.21. The van der Waals surface area contributed by atoms with Gasteiger partial charge in [0, 0.05) is 12.1 Å². The lowest BCUT2D eigenvalue weighted by Gasteiger charge is -2.21. The summed E-state index contributed by atoms with van der Waals surface area (Å²) in [6.45, 7) is 9.73. The molecule has 114 valence electrons. The smallest absolute Gasteiger partial charge is 0.139 e. The molecule has 0 saturated heterocycles. The zero-order valence-electron chi connectivity index (χ0n) is 12.5. The predicted molar refractivity (Wildman–Crippen MR) is 88.6 cm³/mol. The summed E-state index contributed by atoms with van der Waals surface area (Å²) in [5.41, 5.74) is 7.12. The van der Waals surface area contributed by atoms with E-state index in [4.69, 9.17) is 5.73 Å². The highest BCUT2D eigenvalue weighted by Gasteiger charge is 2.09. The first-order valence-corrected chi connectivity index (χ1v) is 8.00. The van der Waals surface area contributed by atoms with Gasteiger partial charge in [-0.25, -0.2) is 4.39 Å². The molecule has 3 N–H and O–H groups in total. The molecule has 1 aromatic rings. The van der Waals surface area contributed by atoms with E-state index in [0.29, 0.717) is 15.8 Å². The van der Waals surface area contributed by atoms with Crippen molar-refractivity contribution in [1.82, 2.24) is 4.90 Å². The van der Waals surface area contributed by atoms with Crippen molar-refractivity contribution in [2.75, 3.05) is 30.7 Å². The van der Waals surface area contributed by atoms with Crippen LogP contribution < -0.4 is 11.1 Å². The Morgan fingerprint density at radius 1 is 1.35 bits per heavy atom. The van der Waals surface area contributed by atoms with Gasteiger partial charge in [-0.1, -0.05) is 13.8 Å². The molecule has 0 heterocycles. The van der Waals surface area contributed by atoms with Gasteiger partial charge in [0.05, 0.1) is 15.8 Å². The monoisotopic (exact) mass is 345 g/mol. The fourth-order valence-electron chi connectivity index (χ4n) is 2.19. The third-order valence-electron chi connectivity index (χ3n) is 3.50. The normalized spacial score (nSPS) is 12.7. The molecule has 0 aliphatic rings. The van der Waals surface area contributed by atoms with Gasteiger partial charge in [0.1, 0.15) is 5.82 Å². The first-order chi connectivity index (χ1) is 9.47. The van der Waals surface area contributed by atoms with Gasteiger partial charge >= 0.3 is 0 Å². The van der Waals surface area contributed by atoms with Crippen molar-refractivity contribution in [2.24, 2.45) is 0 Å². The van der Waals surface area contributed by atoms with Crippen molar-refractivity contribution in [3.05, 3.63) is 22.4 Å². The number of nitrogen functional groups attached to an aromatic ring is 1. The van der Waals surface area contributed by atoms with Crippen LogP contribution in [-0.2, 0) is 0 Å². The quantitative estimate of drug-likeness (QED) is 0.697. The Morgan fingerprint density at radius 3 is 2.60 bits per heavy atom. The molecule has 1 rings (SSSR count). The van der Waals surface area contributed by atoms with Crippen molar-refractivity contribution >= 4 is 27.3 Å². The minimum absolute atomic E-state index is 0.272. The van der Waals surface area contributed by atoms with Crippen molar-refractivity contribution < 1.29 is 4.39 Å². The van der Waals surface area contributed by atoms with E-state index < -0.39 is 0 Å². The number of benzene rings is 1. The Labute approximate surface area is 129 Å². The molecule has 0 aliphatic carbocycles. The Morgan fingerprint density at radius 2 is 2.00 bits per heavy atom. The van der Waals surface area contributed by atoms with Gasteiger partial charge in [-0.3, -0.25) is 0 Å². The third kappa shape index (κ3) is 5.29. The van der Waals surface area contributed by atoms with Crippen LogP contribution in [0.2, 0.25) is 0 Å². The molecular weight excluding hydrogens is 321 g/mol. The zero-order valence-corrected chi connectivity index (χ0v) is 14.1. The topological polar surface area (TPSA) is 41.3 Å². The SMILES string of the molecule is CCN(CC)CCCC(C)Nc1cc(F)c(Br)cc1N. The highest BCUT2D eigenvalue weighted by Crippen LogP contribution is 2.27. The minimum Gasteiger partial charge on any atom is -0.397 e. The molecule has 3 nitrogen and oxygen atoms in total. The maximum Gasteiger partial charge on any atom is 0.139 e. The summed E-state index contributed by atoms with van der Waals surface area (Å²) in [5.74, 6) is -0.294. The van der Waals surface area contributed by atoms with Crippen LogP contribution in [0.5, 0.6) is 0 Å². The van der Waals surface area contributed by atoms with Gasteiger partial charge in [-0.15, -0.1) is 0 Å². The van der Waals surface area contributed by atoms with Crippen LogP contribution in [0.1, 0.15) is 33.6 Å². The minimum atomic E-state index is -0.294. The summed E-state index contributed by atoms with van der Waals surface area (Å²) in [6, 6.07) is 3.31. The second kappa shape index (κ2) is 8.47. The summed E-state index contributed by atoms with van der Waals surface area (Å²) in [5, 5.41) is 3.28. The molecule has 20 heavy (non-hydrogen) atoms. The maximum atomic E-state index is 13.5. The second-order valence-corrected chi connectivity index (χ2v) is 5.92. The molecular formula is C15H25BrFN3. The van der Waals surface area contributed by atoms with Gasteiger partial charge in [0.25, 0.3) is 0 Å². The number of nitrogens with zero attached hydrogens (tertiary/aromatic N) is 1. The van der Waals surface area contributed by atoms with Crippen LogP contribution in [-0.4, -0.2) is 30.6 Å². The van der Waals surface area contributed by atoms with Crippen molar-refractivity contribution in [3.8, 4) is 0 Å². The number of nitrogens with one attached hydrogen (secondary N) is 1. The molecule has 0 fully saturated rings. The van der Waals surface area contributed by atoms with E-state index in [9.17, 15) is 4.39 Å². The summed E-state index contributed by atoms with van der Waals surface area (Å²) >= 11 is 3.13. The lowest BCUT2D eigenvalue weighted by atomic mass is 10.1. The van der Waals surface area contributed by atoms with E-state index in [-0.39, 0.29) is 11.9 Å². The van der Waals surface area contributed by atoms with E-state index in [0.717, 1.165) is 32.5 Å². The van der Waals surface area contributed by atoms with E-state index in [2.05, 4.69) is 46.9 Å². The molecule has 1 atom stereocenters. The summed E-state index contributed by atoms with van der Waals surface area (Å²) in [6.07, 6.45) is 2.16. The van der Waals surface area contributed by atoms with Crippen LogP contribution in [0.15, 0.2) is 16.6 Å². The molecule has 0 saturated carbocycles. The van der Waals surface area contributed by atoms with Crippen molar-refractivity contribution in [2.45, 2.75) is 39.7 Å². The lowest BCUT2D eigenvalue weighted by molar-refractivity contribution is 0.295. The fourth-order valence-corrected chi connectivity index (χ4v) is 2.55. The Kier molecular flexibility index (Phi) is 7.30. The summed E-state index contributed by atoms with van der Waals surface area (Å²) < 4.78 is 13.9. The van der Waals surface area contributed by atoms with Gasteiger partial charge in [0.2, 0.25) is 0 Å². The zero-order chi connectivity index (χ0) is 15.1. The molecule has 0 radical (unpaired) electrons. The third-order valence-corrected chi connectivity index (χ3v) is 4.11. The van der Waals surface area contributed by atoms with Crippen molar-refractivity contribution in [1.29, 1.82) is 0 Å². The standard InChI is InChI=1S/C15H25BrFN3/c1-4-20(5-2)8-6-7-11(3)19-15-10-13(17)12(16)9-14(15)18/h9-11,19H,4-8,18H2,1-3H3. The van der Waals surface area contributed by atoms with E-state index >= 15 is 0 Å². The first kappa shape index (κ1) is 17.2. The Hall–Kier alpha value is -0.810. The largest absolute Gasteiger partial charge is 0.397 e. The summed E-state index contributed by atoms with van der Waals surface area (Å²) in [7, 11) is 0. The molecule has 0 spiro atoms. The Bertz CT molecular complexity index is 422. The Balaban J connectivity index is 2.46. The van der Waals surface area contributed by atoms with E-state index in [1.807, 2.05) is 0 Å². The van der Waals surface area contributed by atoms with Gasteiger partial charge < -0.3 is 16.0 Å². The molecule has 0 amide bonds. The lowest BCUT2D eigenvalue weighted by Crippen LogP contribution is -2.25. The van der Waals surface area contributed by atoms with Crippen LogP contribution in [0.4, 0.5) is 15.8 Å². The number of nitrogens with two attached hydrogens (primary N) is 1. The molecule has 0 bridgehead atoms. The molecule has 1 aromatic carbocycles. The molecule has 0 aromatic heterocycles. The highest BCUT2D eigenvalue weighted by atomic mass is 79.9. The average Bonchev–Trinajstić information content (AvgIpc) is 2.41. The van der Waals surface area contributed by atoms with Gasteiger partial charge in [-0.05, 0) is 61.4 Å². The van der Waals surface area contributed by atoms with Crippen LogP contribution in [0.25, 0.3) is 0 Å². The van der Waals surface area contributed by atoms with Gasteiger partial charge in [0.15, 0.2) is 0 Å². The van der Waals surface area contributed by atoms with Gasteiger partial charge in [-0.2, -0.15) is 0 Å². The number of hydrogen-bond donors (Lipinski definition) is 2. The number of anilines is 2. The van der Waals surface area contributed by atoms with E-state index in [1.165, 1.54) is 6.07 Å². The average molecular weight is 346 g/mol. The molecule has 1 unspecified atom stereocenters. The van der Waals surface area contributed by atoms with Crippen LogP contribution >= 0.6 is 15.9 Å². The number of halogens is 2. The molecule has 0 aliphatic heterocycles. The number of rotatable bonds is 8. The summed E-state index contributed by atoms with van der Waals surface area (Å²) in [4.78, 5) is 2.40. The van der Waals surface area contributed by atoms with Crippen LogP contribution in [0.3, 0.4) is 0 Å². The molecule has 5 heteroatoms. The van der Waals surface area contributed by atoms with Crippen LogP contribution in [0, 0.1) is 5.82 Å². The maximum absolute atomic E-state index is 13.5. The predicted octanol–water partition coefficient (Wildman–Crippen LogP) is 4.09. The van der Waals surface area contributed by atoms with Crippen molar-refractivity contribution in [3.63, 3.8) is 0 Å². The second-order valence-electron chi connectivity index (χ2n) is 5.07. The highest BCUT2D eigenvalue weighted by molar-refractivity contribution is 9.10. The number of hydrogen-bond acceptors (Lipinski definition) is 3.